The monoisotopic (exact) mass is 412 g/mol. The number of aromatic nitrogens is 3. The number of halogens is 1. The van der Waals surface area contributed by atoms with Crippen LogP contribution in [0.4, 0.5) is 10.1 Å². The standard InChI is InChI=1S/C20H17FN4O3S/c1-12-7-13(2)9-16(8-12)25-29(26,27)17-10-18(22-11-17)20-24-23-19(28-20)14-3-5-15(21)6-4-14/h3-11,22,25H,1-2H3. The first-order valence-corrected chi connectivity index (χ1v) is 10.2. The summed E-state index contributed by atoms with van der Waals surface area (Å²) in [5.41, 5.74) is 3.31. The third kappa shape index (κ3) is 4.04. The molecule has 0 aliphatic heterocycles. The molecular weight excluding hydrogens is 395 g/mol. The molecular formula is C20H17FN4O3S. The van der Waals surface area contributed by atoms with Crippen LogP contribution in [0.3, 0.4) is 0 Å². The second-order valence-electron chi connectivity index (χ2n) is 6.65. The molecule has 0 aliphatic carbocycles. The molecule has 2 aromatic carbocycles. The Hall–Kier alpha value is -3.46. The molecule has 0 saturated carbocycles. The fourth-order valence-corrected chi connectivity index (χ4v) is 3.98. The molecule has 0 saturated heterocycles. The minimum absolute atomic E-state index is 0.0354. The summed E-state index contributed by atoms with van der Waals surface area (Å²) in [5, 5.41) is 7.86. The molecule has 0 bridgehead atoms. The van der Waals surface area contributed by atoms with Crippen molar-refractivity contribution in [1.29, 1.82) is 0 Å². The van der Waals surface area contributed by atoms with E-state index in [0.717, 1.165) is 11.1 Å². The summed E-state index contributed by atoms with van der Waals surface area (Å²) in [4.78, 5) is 2.87. The first-order chi connectivity index (χ1) is 13.8. The molecule has 2 N–H and O–H groups in total. The highest BCUT2D eigenvalue weighted by Gasteiger charge is 2.19. The SMILES string of the molecule is Cc1cc(C)cc(NS(=O)(=O)c2c[nH]c(-c3nnc(-c4ccc(F)cc4)o3)c2)c1. The van der Waals surface area contributed by atoms with E-state index in [2.05, 4.69) is 19.9 Å². The van der Waals surface area contributed by atoms with Crippen LogP contribution in [-0.2, 0) is 10.0 Å². The van der Waals surface area contributed by atoms with Gasteiger partial charge < -0.3 is 9.40 Å². The highest BCUT2D eigenvalue weighted by Crippen LogP contribution is 2.26. The van der Waals surface area contributed by atoms with Crippen LogP contribution in [-0.4, -0.2) is 23.6 Å². The maximum absolute atomic E-state index is 13.1. The van der Waals surface area contributed by atoms with Crippen molar-refractivity contribution in [2.45, 2.75) is 18.7 Å². The minimum atomic E-state index is -3.80. The molecule has 4 rings (SSSR count). The molecule has 0 spiro atoms. The summed E-state index contributed by atoms with van der Waals surface area (Å²) in [6, 6.07) is 12.5. The summed E-state index contributed by atoms with van der Waals surface area (Å²) in [5.74, 6) is -0.0476. The zero-order valence-corrected chi connectivity index (χ0v) is 16.4. The van der Waals surface area contributed by atoms with E-state index < -0.39 is 10.0 Å². The normalized spacial score (nSPS) is 11.6. The number of rotatable bonds is 5. The number of anilines is 1. The van der Waals surface area contributed by atoms with Gasteiger partial charge in [-0.05, 0) is 67.4 Å². The summed E-state index contributed by atoms with van der Waals surface area (Å²) < 4.78 is 46.6. The molecule has 0 atom stereocenters. The lowest BCUT2D eigenvalue weighted by Gasteiger charge is -2.08. The van der Waals surface area contributed by atoms with Crippen LogP contribution in [0.1, 0.15) is 11.1 Å². The molecule has 0 amide bonds. The molecule has 29 heavy (non-hydrogen) atoms. The van der Waals surface area contributed by atoms with Crippen LogP contribution in [0, 0.1) is 19.7 Å². The van der Waals surface area contributed by atoms with Crippen molar-refractivity contribution in [2.75, 3.05) is 4.72 Å². The number of hydrogen-bond acceptors (Lipinski definition) is 5. The quantitative estimate of drug-likeness (QED) is 0.509. The van der Waals surface area contributed by atoms with Crippen molar-refractivity contribution in [2.24, 2.45) is 0 Å². The molecule has 148 valence electrons. The molecule has 7 nitrogen and oxygen atoms in total. The van der Waals surface area contributed by atoms with Gasteiger partial charge in [-0.1, -0.05) is 6.07 Å². The molecule has 0 unspecified atom stereocenters. The van der Waals surface area contributed by atoms with E-state index >= 15 is 0 Å². The van der Waals surface area contributed by atoms with Crippen LogP contribution >= 0.6 is 0 Å². The van der Waals surface area contributed by atoms with Gasteiger partial charge in [-0.2, -0.15) is 0 Å². The highest BCUT2D eigenvalue weighted by molar-refractivity contribution is 7.92. The maximum Gasteiger partial charge on any atom is 0.264 e. The van der Waals surface area contributed by atoms with Crippen LogP contribution in [0.5, 0.6) is 0 Å². The average Bonchev–Trinajstić information content (AvgIpc) is 3.31. The van der Waals surface area contributed by atoms with Gasteiger partial charge in [-0.25, -0.2) is 12.8 Å². The second-order valence-corrected chi connectivity index (χ2v) is 8.33. The van der Waals surface area contributed by atoms with Gasteiger partial charge in [-0.15, -0.1) is 10.2 Å². The fourth-order valence-electron chi connectivity index (χ4n) is 2.94. The van der Waals surface area contributed by atoms with Crippen molar-refractivity contribution in [3.8, 4) is 23.0 Å². The zero-order valence-electron chi connectivity index (χ0n) is 15.6. The van der Waals surface area contributed by atoms with Gasteiger partial charge in [0.1, 0.15) is 16.4 Å². The van der Waals surface area contributed by atoms with E-state index in [1.165, 1.54) is 36.5 Å². The van der Waals surface area contributed by atoms with Crippen LogP contribution in [0.25, 0.3) is 23.0 Å². The third-order valence-electron chi connectivity index (χ3n) is 4.19. The van der Waals surface area contributed by atoms with E-state index in [1.54, 1.807) is 12.1 Å². The number of nitrogens with one attached hydrogen (secondary N) is 2. The summed E-state index contributed by atoms with van der Waals surface area (Å²) >= 11 is 0. The van der Waals surface area contributed by atoms with Crippen molar-refractivity contribution < 1.29 is 17.2 Å². The number of nitrogens with zero attached hydrogens (tertiary/aromatic N) is 2. The Balaban J connectivity index is 1.58. The Morgan fingerprint density at radius 2 is 1.62 bits per heavy atom. The minimum Gasteiger partial charge on any atom is -0.415 e. The number of aromatic amines is 1. The van der Waals surface area contributed by atoms with Crippen LogP contribution in [0.15, 0.2) is 64.0 Å². The smallest absolute Gasteiger partial charge is 0.264 e. The first kappa shape index (κ1) is 18.9. The van der Waals surface area contributed by atoms with Crippen molar-refractivity contribution in [3.05, 3.63) is 71.7 Å². The van der Waals surface area contributed by atoms with Gasteiger partial charge in [-0.3, -0.25) is 4.72 Å². The zero-order chi connectivity index (χ0) is 20.6. The predicted octanol–water partition coefficient (Wildman–Crippen LogP) is 4.29. The largest absolute Gasteiger partial charge is 0.415 e. The number of hydrogen-bond donors (Lipinski definition) is 2. The molecule has 2 heterocycles. The maximum atomic E-state index is 13.1. The molecule has 9 heteroatoms. The number of aryl methyl sites for hydroxylation is 2. The van der Waals surface area contributed by atoms with Gasteiger partial charge in [0, 0.05) is 17.4 Å². The lowest BCUT2D eigenvalue weighted by atomic mass is 10.1. The van der Waals surface area contributed by atoms with Crippen LogP contribution in [0.2, 0.25) is 0 Å². The topological polar surface area (TPSA) is 101 Å². The van der Waals surface area contributed by atoms with Gasteiger partial charge in [0.15, 0.2) is 0 Å². The summed E-state index contributed by atoms with van der Waals surface area (Å²) in [6.07, 6.45) is 1.35. The Morgan fingerprint density at radius 3 is 2.31 bits per heavy atom. The van der Waals surface area contributed by atoms with Gasteiger partial charge in [0.25, 0.3) is 15.9 Å². The predicted molar refractivity (Wildman–Crippen MR) is 106 cm³/mol. The molecule has 0 radical (unpaired) electrons. The lowest BCUT2D eigenvalue weighted by molar-refractivity contribution is 0.582. The molecule has 0 fully saturated rings. The third-order valence-corrected chi connectivity index (χ3v) is 5.55. The van der Waals surface area contributed by atoms with E-state index in [0.29, 0.717) is 16.9 Å². The van der Waals surface area contributed by atoms with Crippen molar-refractivity contribution in [3.63, 3.8) is 0 Å². The number of H-pyrrole nitrogens is 1. The molecule has 2 aromatic heterocycles. The lowest BCUT2D eigenvalue weighted by Crippen LogP contribution is -2.12. The van der Waals surface area contributed by atoms with Gasteiger partial charge in [0.05, 0.1) is 0 Å². The van der Waals surface area contributed by atoms with E-state index in [1.807, 2.05) is 19.9 Å². The van der Waals surface area contributed by atoms with Crippen molar-refractivity contribution in [1.82, 2.24) is 15.2 Å². The highest BCUT2D eigenvalue weighted by atomic mass is 32.2. The summed E-state index contributed by atoms with van der Waals surface area (Å²) in [7, 11) is -3.80. The molecule has 4 aromatic rings. The summed E-state index contributed by atoms with van der Waals surface area (Å²) in [6.45, 7) is 3.79. The van der Waals surface area contributed by atoms with E-state index in [9.17, 15) is 12.8 Å². The fraction of sp³-hybridized carbons (Fsp3) is 0.100. The molecule has 0 aliphatic rings. The van der Waals surface area contributed by atoms with Gasteiger partial charge in [0.2, 0.25) is 5.89 Å². The average molecular weight is 412 g/mol. The first-order valence-electron chi connectivity index (χ1n) is 8.69. The van der Waals surface area contributed by atoms with Crippen molar-refractivity contribution >= 4 is 15.7 Å². The number of benzene rings is 2. The Morgan fingerprint density at radius 1 is 0.966 bits per heavy atom. The van der Waals surface area contributed by atoms with E-state index in [4.69, 9.17) is 4.42 Å². The Labute approximate surface area is 166 Å². The van der Waals surface area contributed by atoms with Gasteiger partial charge >= 0.3 is 0 Å². The second kappa shape index (κ2) is 7.17. The van der Waals surface area contributed by atoms with Crippen LogP contribution < -0.4 is 4.72 Å². The number of sulfonamides is 1. The Bertz CT molecular complexity index is 1260. The Kier molecular flexibility index (Phi) is 4.67. The van der Waals surface area contributed by atoms with E-state index in [-0.39, 0.29) is 22.5 Å².